The highest BCUT2D eigenvalue weighted by molar-refractivity contribution is 5.92. The van der Waals surface area contributed by atoms with Crippen LogP contribution in [0.5, 0.6) is 0 Å². The summed E-state index contributed by atoms with van der Waals surface area (Å²) < 4.78 is 12.8. The Labute approximate surface area is 123 Å². The molecule has 1 saturated heterocycles. The van der Waals surface area contributed by atoms with E-state index in [9.17, 15) is 4.79 Å². The normalized spacial score (nSPS) is 19.5. The van der Waals surface area contributed by atoms with Gasteiger partial charge in [0.2, 0.25) is 0 Å². The summed E-state index contributed by atoms with van der Waals surface area (Å²) in [4.78, 5) is 14.4. The Hall–Kier alpha value is -2.08. The molecule has 0 saturated carbocycles. The predicted octanol–water partition coefficient (Wildman–Crippen LogP) is 1.93. The summed E-state index contributed by atoms with van der Waals surface area (Å²) in [5, 5.41) is 4.11. The minimum Gasteiger partial charge on any atom is -0.451 e. The van der Waals surface area contributed by atoms with Gasteiger partial charge in [0, 0.05) is 32.4 Å². The second kappa shape index (κ2) is 5.73. The van der Waals surface area contributed by atoms with E-state index in [1.165, 1.54) is 0 Å². The van der Waals surface area contributed by atoms with Crippen molar-refractivity contribution in [1.82, 2.24) is 14.7 Å². The second-order valence-electron chi connectivity index (χ2n) is 5.32. The minimum absolute atomic E-state index is 0.0804. The zero-order chi connectivity index (χ0) is 14.8. The van der Waals surface area contributed by atoms with Crippen LogP contribution in [0.25, 0.3) is 11.3 Å². The van der Waals surface area contributed by atoms with Gasteiger partial charge in [-0.25, -0.2) is 0 Å². The molecule has 6 heteroatoms. The van der Waals surface area contributed by atoms with Crippen LogP contribution < -0.4 is 0 Å². The number of ether oxygens (including phenoxy) is 1. The van der Waals surface area contributed by atoms with Gasteiger partial charge in [-0.1, -0.05) is 0 Å². The molecule has 3 rings (SSSR count). The molecule has 112 valence electrons. The Bertz CT molecular complexity index is 632. The summed E-state index contributed by atoms with van der Waals surface area (Å²) in [5.41, 5.74) is 0.865. The Balaban J connectivity index is 1.80. The minimum atomic E-state index is -0.0804. The summed E-state index contributed by atoms with van der Waals surface area (Å²) in [6.07, 6.45) is 4.42. The lowest BCUT2D eigenvalue weighted by atomic mass is 10.2. The third-order valence-corrected chi connectivity index (χ3v) is 3.76. The largest absolute Gasteiger partial charge is 0.451 e. The average Bonchev–Trinajstić information content (AvgIpc) is 3.05. The third kappa shape index (κ3) is 2.85. The van der Waals surface area contributed by atoms with E-state index >= 15 is 0 Å². The van der Waals surface area contributed by atoms with Gasteiger partial charge in [-0.15, -0.1) is 0 Å². The Morgan fingerprint density at radius 2 is 2.24 bits per heavy atom. The first-order valence-electron chi connectivity index (χ1n) is 7.12. The number of nitrogens with zero attached hydrogens (tertiary/aromatic N) is 3. The van der Waals surface area contributed by atoms with E-state index in [2.05, 4.69) is 5.10 Å². The summed E-state index contributed by atoms with van der Waals surface area (Å²) in [7, 11) is 1.84. The number of hydrogen-bond acceptors (Lipinski definition) is 4. The number of rotatable bonds is 2. The van der Waals surface area contributed by atoms with Crippen molar-refractivity contribution in [3.63, 3.8) is 0 Å². The van der Waals surface area contributed by atoms with Crippen LogP contribution in [0.3, 0.4) is 0 Å². The molecule has 0 aromatic carbocycles. The molecule has 1 amide bonds. The molecule has 2 aromatic rings. The highest BCUT2D eigenvalue weighted by Crippen LogP contribution is 2.23. The van der Waals surface area contributed by atoms with Crippen molar-refractivity contribution < 1.29 is 13.9 Å². The van der Waals surface area contributed by atoms with Gasteiger partial charge < -0.3 is 14.1 Å². The van der Waals surface area contributed by atoms with Crippen molar-refractivity contribution in [1.29, 1.82) is 0 Å². The first-order chi connectivity index (χ1) is 10.1. The van der Waals surface area contributed by atoms with Crippen LogP contribution in [0.1, 0.15) is 23.9 Å². The monoisotopic (exact) mass is 289 g/mol. The number of amides is 1. The number of hydrogen-bond donors (Lipinski definition) is 0. The second-order valence-corrected chi connectivity index (χ2v) is 5.32. The number of aryl methyl sites for hydroxylation is 1. The quantitative estimate of drug-likeness (QED) is 0.847. The van der Waals surface area contributed by atoms with Crippen LogP contribution >= 0.6 is 0 Å². The first-order valence-corrected chi connectivity index (χ1v) is 7.12. The van der Waals surface area contributed by atoms with E-state index in [-0.39, 0.29) is 11.9 Å². The third-order valence-electron chi connectivity index (χ3n) is 3.76. The van der Waals surface area contributed by atoms with Crippen LogP contribution in [0.15, 0.2) is 28.9 Å². The lowest BCUT2D eigenvalue weighted by Crippen LogP contribution is -2.39. The zero-order valence-corrected chi connectivity index (χ0v) is 12.3. The molecule has 1 unspecified atom stereocenters. The molecule has 0 spiro atoms. The van der Waals surface area contributed by atoms with Crippen LogP contribution in [0, 0.1) is 0 Å². The lowest BCUT2D eigenvalue weighted by Gasteiger charge is -2.25. The molecule has 1 fully saturated rings. The highest BCUT2D eigenvalue weighted by Gasteiger charge is 2.25. The highest BCUT2D eigenvalue weighted by atomic mass is 16.5. The molecule has 6 nitrogen and oxygen atoms in total. The summed E-state index contributed by atoms with van der Waals surface area (Å²) in [6, 6.07) is 3.69. The van der Waals surface area contributed by atoms with Gasteiger partial charge in [0.25, 0.3) is 5.91 Å². The summed E-state index contributed by atoms with van der Waals surface area (Å²) >= 11 is 0. The lowest BCUT2D eigenvalue weighted by molar-refractivity contribution is 0.0656. The molecular weight excluding hydrogens is 270 g/mol. The van der Waals surface area contributed by atoms with Gasteiger partial charge in [0.15, 0.2) is 5.76 Å². The predicted molar refractivity (Wildman–Crippen MR) is 76.8 cm³/mol. The van der Waals surface area contributed by atoms with Gasteiger partial charge in [-0.2, -0.15) is 5.10 Å². The molecule has 2 aromatic heterocycles. The molecule has 0 bridgehead atoms. The van der Waals surface area contributed by atoms with Gasteiger partial charge >= 0.3 is 0 Å². The molecule has 21 heavy (non-hydrogen) atoms. The summed E-state index contributed by atoms with van der Waals surface area (Å²) in [6.45, 7) is 3.91. The van der Waals surface area contributed by atoms with Crippen molar-refractivity contribution in [2.45, 2.75) is 19.4 Å². The van der Waals surface area contributed by atoms with Crippen molar-refractivity contribution >= 4 is 5.91 Å². The maximum Gasteiger partial charge on any atom is 0.289 e. The molecule has 1 aliphatic heterocycles. The fourth-order valence-corrected chi connectivity index (χ4v) is 2.49. The van der Waals surface area contributed by atoms with E-state index in [0.29, 0.717) is 31.3 Å². The molecule has 0 radical (unpaired) electrons. The van der Waals surface area contributed by atoms with Crippen LogP contribution in [0.2, 0.25) is 0 Å². The van der Waals surface area contributed by atoms with E-state index in [4.69, 9.17) is 9.15 Å². The van der Waals surface area contributed by atoms with E-state index in [0.717, 1.165) is 12.0 Å². The van der Waals surface area contributed by atoms with Gasteiger partial charge in [0.05, 0.1) is 18.4 Å². The fraction of sp³-hybridized carbons (Fsp3) is 0.467. The molecular formula is C15H19N3O3. The molecule has 3 heterocycles. The van der Waals surface area contributed by atoms with Gasteiger partial charge in [-0.3, -0.25) is 9.48 Å². The Morgan fingerprint density at radius 1 is 1.38 bits per heavy atom. The van der Waals surface area contributed by atoms with Crippen LogP contribution in [-0.4, -0.2) is 46.4 Å². The van der Waals surface area contributed by atoms with E-state index < -0.39 is 0 Å². The number of carbonyl (C=O) groups is 1. The Kier molecular flexibility index (Phi) is 3.79. The topological polar surface area (TPSA) is 60.5 Å². The standard InChI is InChI=1S/C15H19N3O3/c1-11-5-7-20-8-6-18(11)15(19)14-4-3-13(21-14)12-9-16-17(2)10-12/h3-4,9-11H,5-8H2,1-2H3. The van der Waals surface area contributed by atoms with E-state index in [1.54, 1.807) is 16.9 Å². The maximum absolute atomic E-state index is 12.6. The van der Waals surface area contributed by atoms with Crippen LogP contribution in [-0.2, 0) is 11.8 Å². The average molecular weight is 289 g/mol. The van der Waals surface area contributed by atoms with Crippen LogP contribution in [0.4, 0.5) is 0 Å². The number of furan rings is 1. The fourth-order valence-electron chi connectivity index (χ4n) is 2.49. The number of aromatic nitrogens is 2. The van der Waals surface area contributed by atoms with Gasteiger partial charge in [-0.05, 0) is 25.5 Å². The van der Waals surface area contributed by atoms with Crippen molar-refractivity contribution in [2.75, 3.05) is 19.8 Å². The SMILES string of the molecule is CC1CCOCCN1C(=O)c1ccc(-c2cnn(C)c2)o1. The van der Waals surface area contributed by atoms with Crippen molar-refractivity contribution in [3.05, 3.63) is 30.3 Å². The maximum atomic E-state index is 12.6. The molecule has 1 atom stereocenters. The van der Waals surface area contributed by atoms with Crippen molar-refractivity contribution in [2.24, 2.45) is 7.05 Å². The zero-order valence-electron chi connectivity index (χ0n) is 12.3. The van der Waals surface area contributed by atoms with Crippen molar-refractivity contribution in [3.8, 4) is 11.3 Å². The van der Waals surface area contributed by atoms with E-state index in [1.807, 2.05) is 31.1 Å². The Morgan fingerprint density at radius 3 is 3.00 bits per heavy atom. The molecule has 0 aliphatic carbocycles. The number of carbonyl (C=O) groups excluding carboxylic acids is 1. The molecule has 1 aliphatic rings. The smallest absolute Gasteiger partial charge is 0.289 e. The van der Waals surface area contributed by atoms with Gasteiger partial charge in [0.1, 0.15) is 5.76 Å². The first kappa shape index (κ1) is 13.9. The molecule has 0 N–H and O–H groups in total. The summed E-state index contributed by atoms with van der Waals surface area (Å²) in [5.74, 6) is 0.941.